The predicted molar refractivity (Wildman–Crippen MR) is 83.1 cm³/mol. The first-order chi connectivity index (χ1) is 9.54. The molecule has 0 radical (unpaired) electrons. The molecule has 0 amide bonds. The molecule has 20 heavy (non-hydrogen) atoms. The van der Waals surface area contributed by atoms with Crippen LogP contribution in [-0.2, 0) is 6.42 Å². The van der Waals surface area contributed by atoms with Gasteiger partial charge in [0.1, 0.15) is 18.9 Å². The van der Waals surface area contributed by atoms with Gasteiger partial charge in [-0.25, -0.2) is 0 Å². The van der Waals surface area contributed by atoms with Crippen LogP contribution in [0.1, 0.15) is 11.1 Å². The highest BCUT2D eigenvalue weighted by molar-refractivity contribution is 5.78. The van der Waals surface area contributed by atoms with Crippen molar-refractivity contribution in [2.75, 3.05) is 34.3 Å². The van der Waals surface area contributed by atoms with Gasteiger partial charge in [0.25, 0.3) is 0 Å². The first-order valence-corrected chi connectivity index (χ1v) is 7.18. The van der Waals surface area contributed by atoms with Crippen molar-refractivity contribution in [2.45, 2.75) is 6.42 Å². The number of fused-ring (bicyclic) bond motifs is 3. The van der Waals surface area contributed by atoms with Crippen LogP contribution in [-0.4, -0.2) is 38.8 Å². The normalized spacial score (nSPS) is 12.9. The van der Waals surface area contributed by atoms with Gasteiger partial charge in [0, 0.05) is 12.0 Å². The third kappa shape index (κ3) is 2.56. The minimum Gasteiger partial charge on any atom is -0.487 e. The van der Waals surface area contributed by atoms with Crippen molar-refractivity contribution >= 4 is 0 Å². The molecular formula is C18H22NO+. The van der Waals surface area contributed by atoms with Gasteiger partial charge in [-0.2, -0.15) is 0 Å². The minimum absolute atomic E-state index is 0.760. The summed E-state index contributed by atoms with van der Waals surface area (Å²) in [6.07, 6.45) is 0.992. The fourth-order valence-corrected chi connectivity index (χ4v) is 2.69. The molecule has 0 fully saturated rings. The average Bonchev–Trinajstić information content (AvgIpc) is 2.77. The van der Waals surface area contributed by atoms with E-state index in [0.717, 1.165) is 29.8 Å². The Morgan fingerprint density at radius 1 is 0.950 bits per heavy atom. The Morgan fingerprint density at radius 3 is 2.50 bits per heavy atom. The first kappa shape index (κ1) is 13.2. The Morgan fingerprint density at radius 2 is 1.70 bits per heavy atom. The van der Waals surface area contributed by atoms with Crippen LogP contribution in [0.25, 0.3) is 11.1 Å². The third-order valence-corrected chi connectivity index (χ3v) is 3.83. The summed E-state index contributed by atoms with van der Waals surface area (Å²) in [5, 5.41) is 0. The van der Waals surface area contributed by atoms with Gasteiger partial charge in [-0.05, 0) is 22.8 Å². The van der Waals surface area contributed by atoms with E-state index in [1.807, 2.05) is 0 Å². The number of rotatable bonds is 4. The Hall–Kier alpha value is -1.80. The lowest BCUT2D eigenvalue weighted by molar-refractivity contribution is -0.870. The van der Waals surface area contributed by atoms with E-state index in [0.29, 0.717) is 0 Å². The highest BCUT2D eigenvalue weighted by atomic mass is 16.5. The highest BCUT2D eigenvalue weighted by Crippen LogP contribution is 2.40. The van der Waals surface area contributed by atoms with Gasteiger partial charge in [-0.3, -0.25) is 0 Å². The smallest absolute Gasteiger partial charge is 0.137 e. The Kier molecular flexibility index (Phi) is 3.27. The van der Waals surface area contributed by atoms with E-state index in [1.165, 1.54) is 22.3 Å². The lowest BCUT2D eigenvalue weighted by Gasteiger charge is -2.24. The molecule has 1 aliphatic carbocycles. The number of quaternary nitrogens is 1. The van der Waals surface area contributed by atoms with E-state index in [-0.39, 0.29) is 0 Å². The molecule has 0 unspecified atom stereocenters. The quantitative estimate of drug-likeness (QED) is 0.659. The zero-order valence-electron chi connectivity index (χ0n) is 12.5. The number of ether oxygens (including phenoxy) is 1. The fourth-order valence-electron chi connectivity index (χ4n) is 2.69. The topological polar surface area (TPSA) is 9.23 Å². The second kappa shape index (κ2) is 4.95. The van der Waals surface area contributed by atoms with Crippen LogP contribution in [0.4, 0.5) is 0 Å². The van der Waals surface area contributed by atoms with Crippen molar-refractivity contribution in [1.82, 2.24) is 0 Å². The third-order valence-electron chi connectivity index (χ3n) is 3.83. The molecule has 0 spiro atoms. The number of benzene rings is 2. The zero-order chi connectivity index (χ0) is 14.2. The van der Waals surface area contributed by atoms with E-state index in [4.69, 9.17) is 4.74 Å². The molecule has 3 rings (SSSR count). The average molecular weight is 268 g/mol. The predicted octanol–water partition coefficient (Wildman–Crippen LogP) is 3.34. The maximum absolute atomic E-state index is 6.04. The van der Waals surface area contributed by atoms with Crippen LogP contribution in [0.15, 0.2) is 42.5 Å². The standard InChI is InChI=1S/C18H22NO/c1-19(2,3)11-12-20-18-10-6-9-16-15-8-5-4-7-14(15)13-17(16)18/h4-10H,11-13H2,1-3H3/q+1. The summed E-state index contributed by atoms with van der Waals surface area (Å²) in [5.41, 5.74) is 5.45. The Labute approximate surface area is 121 Å². The van der Waals surface area contributed by atoms with Gasteiger partial charge in [0.15, 0.2) is 0 Å². The van der Waals surface area contributed by atoms with Crippen LogP contribution >= 0.6 is 0 Å². The molecule has 0 bridgehead atoms. The summed E-state index contributed by atoms with van der Waals surface area (Å²) >= 11 is 0. The van der Waals surface area contributed by atoms with Crippen molar-refractivity contribution in [3.8, 4) is 16.9 Å². The van der Waals surface area contributed by atoms with Gasteiger partial charge < -0.3 is 9.22 Å². The Balaban J connectivity index is 1.83. The van der Waals surface area contributed by atoms with E-state index in [2.05, 4.69) is 63.6 Å². The van der Waals surface area contributed by atoms with Gasteiger partial charge in [-0.15, -0.1) is 0 Å². The van der Waals surface area contributed by atoms with Crippen molar-refractivity contribution in [1.29, 1.82) is 0 Å². The second-order valence-electron chi connectivity index (χ2n) is 6.48. The molecule has 0 aliphatic heterocycles. The molecule has 0 N–H and O–H groups in total. The molecule has 0 atom stereocenters. The molecule has 2 nitrogen and oxygen atoms in total. The van der Waals surface area contributed by atoms with Gasteiger partial charge in [-0.1, -0.05) is 36.4 Å². The molecule has 104 valence electrons. The van der Waals surface area contributed by atoms with Crippen molar-refractivity contribution in [3.05, 3.63) is 53.6 Å². The summed E-state index contributed by atoms with van der Waals surface area (Å²) in [5.74, 6) is 1.05. The van der Waals surface area contributed by atoms with Crippen LogP contribution in [0.5, 0.6) is 5.75 Å². The largest absolute Gasteiger partial charge is 0.487 e. The zero-order valence-corrected chi connectivity index (χ0v) is 12.5. The molecule has 0 aromatic heterocycles. The second-order valence-corrected chi connectivity index (χ2v) is 6.48. The van der Waals surface area contributed by atoms with Gasteiger partial charge in [0.05, 0.1) is 21.1 Å². The number of nitrogens with zero attached hydrogens (tertiary/aromatic N) is 1. The minimum atomic E-state index is 0.760. The molecule has 2 heteroatoms. The van der Waals surface area contributed by atoms with E-state index >= 15 is 0 Å². The van der Waals surface area contributed by atoms with E-state index in [9.17, 15) is 0 Å². The van der Waals surface area contributed by atoms with Crippen LogP contribution < -0.4 is 4.74 Å². The van der Waals surface area contributed by atoms with E-state index in [1.54, 1.807) is 0 Å². The molecule has 0 saturated carbocycles. The van der Waals surface area contributed by atoms with Crippen molar-refractivity contribution in [2.24, 2.45) is 0 Å². The maximum atomic E-state index is 6.04. The number of hydrogen-bond donors (Lipinski definition) is 0. The van der Waals surface area contributed by atoms with Crippen molar-refractivity contribution < 1.29 is 9.22 Å². The lowest BCUT2D eigenvalue weighted by Crippen LogP contribution is -2.38. The summed E-state index contributed by atoms with van der Waals surface area (Å²) in [7, 11) is 6.57. The molecule has 2 aromatic rings. The number of hydrogen-bond acceptors (Lipinski definition) is 1. The first-order valence-electron chi connectivity index (χ1n) is 7.18. The SMILES string of the molecule is C[N+](C)(C)CCOc1cccc2c1Cc1ccccc1-2. The van der Waals surface area contributed by atoms with Gasteiger partial charge in [0.2, 0.25) is 0 Å². The summed E-state index contributed by atoms with van der Waals surface area (Å²) in [6, 6.07) is 15.0. The van der Waals surface area contributed by atoms with Crippen molar-refractivity contribution in [3.63, 3.8) is 0 Å². The lowest BCUT2D eigenvalue weighted by atomic mass is 10.1. The fraction of sp³-hybridized carbons (Fsp3) is 0.333. The summed E-state index contributed by atoms with van der Waals surface area (Å²) in [4.78, 5) is 0. The highest BCUT2D eigenvalue weighted by Gasteiger charge is 2.21. The van der Waals surface area contributed by atoms with Crippen LogP contribution in [0.3, 0.4) is 0 Å². The van der Waals surface area contributed by atoms with Crippen LogP contribution in [0, 0.1) is 0 Å². The monoisotopic (exact) mass is 268 g/mol. The molecular weight excluding hydrogens is 246 g/mol. The van der Waals surface area contributed by atoms with E-state index < -0.39 is 0 Å². The molecule has 2 aromatic carbocycles. The molecule has 0 saturated heterocycles. The maximum Gasteiger partial charge on any atom is 0.137 e. The van der Waals surface area contributed by atoms with Gasteiger partial charge >= 0.3 is 0 Å². The summed E-state index contributed by atoms with van der Waals surface area (Å²) < 4.78 is 6.97. The Bertz CT molecular complexity index is 626. The molecule has 1 aliphatic rings. The van der Waals surface area contributed by atoms with Crippen LogP contribution in [0.2, 0.25) is 0 Å². The molecule has 0 heterocycles. The number of likely N-dealkylation sites (N-methyl/N-ethyl adjacent to an activating group) is 1. The summed E-state index contributed by atoms with van der Waals surface area (Å²) in [6.45, 7) is 1.77.